The van der Waals surface area contributed by atoms with Gasteiger partial charge >= 0.3 is 0 Å². The Bertz CT molecular complexity index is 629. The molecule has 0 radical (unpaired) electrons. The van der Waals surface area contributed by atoms with Gasteiger partial charge in [0.2, 0.25) is 0 Å². The summed E-state index contributed by atoms with van der Waals surface area (Å²) in [6, 6.07) is 9.95. The molecule has 0 unspecified atom stereocenters. The third-order valence-corrected chi connectivity index (χ3v) is 4.89. The number of carbonyl (C=O) groups is 1. The Morgan fingerprint density at radius 2 is 2.33 bits per heavy atom. The van der Waals surface area contributed by atoms with Crippen molar-refractivity contribution in [2.24, 2.45) is 5.92 Å². The molecule has 1 fully saturated rings. The van der Waals surface area contributed by atoms with E-state index in [1.165, 1.54) is 10.4 Å². The maximum absolute atomic E-state index is 12.3. The molecule has 110 valence electrons. The fraction of sp³-hybridized carbons (Fsp3) is 0.353. The quantitative estimate of drug-likeness (QED) is 0.939. The Hall–Kier alpha value is -1.65. The van der Waals surface area contributed by atoms with Gasteiger partial charge in [-0.3, -0.25) is 4.79 Å². The minimum atomic E-state index is -0.00189. The number of aryl methyl sites for hydroxylation is 1. The third-order valence-electron chi connectivity index (χ3n) is 3.82. The summed E-state index contributed by atoms with van der Waals surface area (Å²) in [4.78, 5) is 13.5. The number of hydrogen-bond donors (Lipinski definition) is 1. The highest BCUT2D eigenvalue weighted by atomic mass is 32.1. The van der Waals surface area contributed by atoms with Crippen molar-refractivity contribution >= 4 is 17.2 Å². The lowest BCUT2D eigenvalue weighted by Crippen LogP contribution is -2.29. The van der Waals surface area contributed by atoms with Crippen molar-refractivity contribution in [2.45, 2.75) is 13.3 Å². The van der Waals surface area contributed by atoms with Crippen LogP contribution in [0, 0.1) is 12.8 Å². The van der Waals surface area contributed by atoms with E-state index in [-0.39, 0.29) is 5.91 Å². The molecule has 1 N–H and O–H groups in total. The van der Waals surface area contributed by atoms with Crippen LogP contribution in [0.3, 0.4) is 0 Å². The second-order valence-corrected chi connectivity index (χ2v) is 6.37. The van der Waals surface area contributed by atoms with Gasteiger partial charge in [-0.15, -0.1) is 11.3 Å². The van der Waals surface area contributed by atoms with E-state index >= 15 is 0 Å². The Morgan fingerprint density at radius 3 is 3.05 bits per heavy atom. The van der Waals surface area contributed by atoms with Gasteiger partial charge in [-0.2, -0.15) is 0 Å². The van der Waals surface area contributed by atoms with Crippen LogP contribution in [0.4, 0.5) is 0 Å². The van der Waals surface area contributed by atoms with Gasteiger partial charge in [0.15, 0.2) is 0 Å². The largest absolute Gasteiger partial charge is 0.381 e. The van der Waals surface area contributed by atoms with Crippen molar-refractivity contribution in [2.75, 3.05) is 19.8 Å². The molecule has 2 heterocycles. The fourth-order valence-electron chi connectivity index (χ4n) is 2.55. The van der Waals surface area contributed by atoms with Crippen molar-refractivity contribution in [3.8, 4) is 10.4 Å². The van der Waals surface area contributed by atoms with Gasteiger partial charge in [-0.1, -0.05) is 12.1 Å². The van der Waals surface area contributed by atoms with E-state index in [2.05, 4.69) is 29.8 Å². The zero-order chi connectivity index (χ0) is 14.7. The Labute approximate surface area is 129 Å². The number of hydrogen-bond acceptors (Lipinski definition) is 3. The number of carbonyl (C=O) groups excluding carboxylic acids is 1. The first-order valence-electron chi connectivity index (χ1n) is 7.24. The number of ether oxygens (including phenoxy) is 1. The fourth-order valence-corrected chi connectivity index (χ4v) is 3.48. The molecule has 1 atom stereocenters. The maximum Gasteiger partial charge on any atom is 0.251 e. The summed E-state index contributed by atoms with van der Waals surface area (Å²) in [7, 11) is 0. The SMILES string of the molecule is Cc1ccsc1-c1cccc(C(=O)NC[C@H]2CCOC2)c1. The highest BCUT2D eigenvalue weighted by molar-refractivity contribution is 7.13. The highest BCUT2D eigenvalue weighted by Crippen LogP contribution is 2.29. The van der Waals surface area contributed by atoms with E-state index in [9.17, 15) is 4.79 Å². The van der Waals surface area contributed by atoms with Crippen LogP contribution in [0.5, 0.6) is 0 Å². The molecule has 1 aliphatic rings. The van der Waals surface area contributed by atoms with E-state index in [0.717, 1.165) is 30.8 Å². The molecule has 0 aliphatic carbocycles. The van der Waals surface area contributed by atoms with Crippen LogP contribution in [0.15, 0.2) is 35.7 Å². The van der Waals surface area contributed by atoms with Gasteiger partial charge < -0.3 is 10.1 Å². The first-order valence-corrected chi connectivity index (χ1v) is 8.12. The predicted molar refractivity (Wildman–Crippen MR) is 85.8 cm³/mol. The Kier molecular flexibility index (Phi) is 4.36. The summed E-state index contributed by atoms with van der Waals surface area (Å²) in [5, 5.41) is 5.09. The molecule has 0 saturated carbocycles. The van der Waals surface area contributed by atoms with E-state index in [1.807, 2.05) is 18.2 Å². The van der Waals surface area contributed by atoms with Crippen molar-refractivity contribution < 1.29 is 9.53 Å². The first-order chi connectivity index (χ1) is 10.2. The average molecular weight is 301 g/mol. The van der Waals surface area contributed by atoms with Gasteiger partial charge in [0.25, 0.3) is 5.91 Å². The molecular formula is C17H19NO2S. The van der Waals surface area contributed by atoms with Crippen LogP contribution in [0.1, 0.15) is 22.3 Å². The molecule has 4 heteroatoms. The second-order valence-electron chi connectivity index (χ2n) is 5.45. The van der Waals surface area contributed by atoms with E-state index < -0.39 is 0 Å². The third kappa shape index (κ3) is 3.34. The van der Waals surface area contributed by atoms with E-state index in [0.29, 0.717) is 12.5 Å². The van der Waals surface area contributed by atoms with Crippen LogP contribution in [-0.2, 0) is 4.74 Å². The molecule has 3 nitrogen and oxygen atoms in total. The Balaban J connectivity index is 1.70. The lowest BCUT2D eigenvalue weighted by Gasteiger charge is -2.10. The number of amides is 1. The topological polar surface area (TPSA) is 38.3 Å². The minimum absolute atomic E-state index is 0.00189. The summed E-state index contributed by atoms with van der Waals surface area (Å²) >= 11 is 1.71. The zero-order valence-corrected chi connectivity index (χ0v) is 12.9. The first kappa shape index (κ1) is 14.3. The van der Waals surface area contributed by atoms with Crippen LogP contribution >= 0.6 is 11.3 Å². The van der Waals surface area contributed by atoms with Crippen LogP contribution in [0.25, 0.3) is 10.4 Å². The van der Waals surface area contributed by atoms with Gasteiger partial charge in [-0.25, -0.2) is 0 Å². The zero-order valence-electron chi connectivity index (χ0n) is 12.1. The van der Waals surface area contributed by atoms with Crippen LogP contribution < -0.4 is 5.32 Å². The van der Waals surface area contributed by atoms with Gasteiger partial charge in [-0.05, 0) is 48.1 Å². The van der Waals surface area contributed by atoms with Crippen LogP contribution in [-0.4, -0.2) is 25.7 Å². The molecule has 1 aromatic carbocycles. The number of nitrogens with one attached hydrogen (secondary N) is 1. The van der Waals surface area contributed by atoms with Crippen molar-refractivity contribution in [3.05, 3.63) is 46.8 Å². The summed E-state index contributed by atoms with van der Waals surface area (Å²) in [6.07, 6.45) is 1.04. The predicted octanol–water partition coefficient (Wildman–Crippen LogP) is 3.49. The molecule has 3 rings (SSSR count). The number of rotatable bonds is 4. The monoisotopic (exact) mass is 301 g/mol. The summed E-state index contributed by atoms with van der Waals surface area (Å²) < 4.78 is 5.33. The summed E-state index contributed by atoms with van der Waals surface area (Å²) in [6.45, 7) is 4.36. The number of benzene rings is 1. The molecule has 1 aliphatic heterocycles. The molecule has 1 amide bonds. The van der Waals surface area contributed by atoms with Crippen molar-refractivity contribution in [3.63, 3.8) is 0 Å². The molecule has 0 bridgehead atoms. The van der Waals surface area contributed by atoms with E-state index in [4.69, 9.17) is 4.74 Å². The van der Waals surface area contributed by atoms with Crippen molar-refractivity contribution in [1.29, 1.82) is 0 Å². The van der Waals surface area contributed by atoms with Gasteiger partial charge in [0.05, 0.1) is 6.61 Å². The number of thiophene rings is 1. The maximum atomic E-state index is 12.3. The standard InChI is InChI=1S/C17H19NO2S/c1-12-6-8-21-16(12)14-3-2-4-15(9-14)17(19)18-10-13-5-7-20-11-13/h2-4,6,8-9,13H,5,7,10-11H2,1H3,(H,18,19)/t13-/m1/s1. The highest BCUT2D eigenvalue weighted by Gasteiger charge is 2.17. The van der Waals surface area contributed by atoms with Crippen LogP contribution in [0.2, 0.25) is 0 Å². The second kappa shape index (κ2) is 6.41. The molecule has 21 heavy (non-hydrogen) atoms. The lowest BCUT2D eigenvalue weighted by molar-refractivity contribution is 0.0945. The molecule has 1 aromatic heterocycles. The lowest BCUT2D eigenvalue weighted by atomic mass is 10.1. The molecule has 0 spiro atoms. The summed E-state index contributed by atoms with van der Waals surface area (Å²) in [5.41, 5.74) is 3.08. The molecule has 1 saturated heterocycles. The van der Waals surface area contributed by atoms with Gasteiger partial charge in [0, 0.05) is 29.5 Å². The Morgan fingerprint density at radius 1 is 1.43 bits per heavy atom. The molecule has 2 aromatic rings. The van der Waals surface area contributed by atoms with E-state index in [1.54, 1.807) is 11.3 Å². The van der Waals surface area contributed by atoms with Gasteiger partial charge in [0.1, 0.15) is 0 Å². The average Bonchev–Trinajstić information content (AvgIpc) is 3.16. The normalized spacial score (nSPS) is 17.9. The smallest absolute Gasteiger partial charge is 0.251 e. The van der Waals surface area contributed by atoms with Crippen molar-refractivity contribution in [1.82, 2.24) is 5.32 Å². The minimum Gasteiger partial charge on any atom is -0.381 e. The molecular weight excluding hydrogens is 282 g/mol. The summed E-state index contributed by atoms with van der Waals surface area (Å²) in [5.74, 6) is 0.453.